The van der Waals surface area contributed by atoms with Crippen molar-refractivity contribution in [3.05, 3.63) is 35.7 Å². The minimum atomic E-state index is -0.0632. The van der Waals surface area contributed by atoms with Gasteiger partial charge in [-0.05, 0) is 45.0 Å². The van der Waals surface area contributed by atoms with Crippen molar-refractivity contribution in [3.63, 3.8) is 0 Å². The molecule has 0 radical (unpaired) electrons. The molecule has 0 saturated carbocycles. The van der Waals surface area contributed by atoms with Gasteiger partial charge in [0.1, 0.15) is 5.82 Å². The number of halogens is 1. The van der Waals surface area contributed by atoms with Gasteiger partial charge in [0.15, 0.2) is 5.82 Å². The predicted molar refractivity (Wildman–Crippen MR) is 103 cm³/mol. The first-order valence-corrected chi connectivity index (χ1v) is 8.59. The Morgan fingerprint density at radius 3 is 2.54 bits per heavy atom. The van der Waals surface area contributed by atoms with Crippen molar-refractivity contribution in [1.29, 1.82) is 0 Å². The second-order valence-corrected chi connectivity index (χ2v) is 6.69. The molecule has 3 rings (SSSR count). The van der Waals surface area contributed by atoms with Gasteiger partial charge in [0.2, 0.25) is 0 Å². The summed E-state index contributed by atoms with van der Waals surface area (Å²) in [7, 11) is 1.72. The van der Waals surface area contributed by atoms with Crippen molar-refractivity contribution in [1.82, 2.24) is 25.8 Å². The van der Waals surface area contributed by atoms with Crippen LogP contribution in [0, 0.1) is 12.3 Å². The topological polar surface area (TPSA) is 91.9 Å². The molecule has 2 heterocycles. The van der Waals surface area contributed by atoms with Gasteiger partial charge < -0.3 is 15.4 Å². The number of piperidine rings is 1. The summed E-state index contributed by atoms with van der Waals surface area (Å²) in [5.74, 6) is 1.34. The third-order valence-corrected chi connectivity index (χ3v) is 4.74. The molecule has 26 heavy (non-hydrogen) atoms. The number of ether oxygens (including phenoxy) is 1. The lowest BCUT2D eigenvalue weighted by molar-refractivity contribution is 0.0512. The summed E-state index contributed by atoms with van der Waals surface area (Å²) in [6.45, 7) is 5.07. The van der Waals surface area contributed by atoms with Crippen LogP contribution in [0.1, 0.15) is 29.0 Å². The fourth-order valence-corrected chi connectivity index (χ4v) is 3.25. The van der Waals surface area contributed by atoms with E-state index in [4.69, 9.17) is 4.74 Å². The lowest BCUT2D eigenvalue weighted by atomic mass is 9.79. The predicted octanol–water partition coefficient (Wildman–Crippen LogP) is 1.95. The van der Waals surface area contributed by atoms with Crippen LogP contribution < -0.4 is 10.6 Å². The molecule has 1 aromatic heterocycles. The highest BCUT2D eigenvalue weighted by Crippen LogP contribution is 2.28. The standard InChI is InChI=1S/C18H25N5O2.ClH/c1-13-21-16(23-22-13)14-3-5-15(6-4-14)17(24)20-11-18(12-25-2)7-9-19-10-8-18;/h3-6,19H,7-12H2,1-2H3,(H,20,24)(H,21,22,23);1H. The number of carbonyl (C=O) groups is 1. The second kappa shape index (κ2) is 9.12. The number of benzene rings is 1. The Labute approximate surface area is 159 Å². The fraction of sp³-hybridized carbons (Fsp3) is 0.500. The summed E-state index contributed by atoms with van der Waals surface area (Å²) < 4.78 is 5.39. The number of aryl methyl sites for hydroxylation is 1. The lowest BCUT2D eigenvalue weighted by Crippen LogP contribution is -2.47. The highest BCUT2D eigenvalue weighted by Gasteiger charge is 2.32. The van der Waals surface area contributed by atoms with Crippen molar-refractivity contribution in [2.45, 2.75) is 19.8 Å². The largest absolute Gasteiger partial charge is 0.384 e. The number of amides is 1. The first kappa shape index (κ1) is 20.4. The highest BCUT2D eigenvalue weighted by atomic mass is 35.5. The normalized spacial score (nSPS) is 15.9. The van der Waals surface area contributed by atoms with Gasteiger partial charge >= 0.3 is 0 Å². The Bertz CT molecular complexity index is 705. The van der Waals surface area contributed by atoms with Gasteiger partial charge in [-0.3, -0.25) is 9.89 Å². The van der Waals surface area contributed by atoms with Gasteiger partial charge in [-0.15, -0.1) is 12.4 Å². The number of hydrogen-bond donors (Lipinski definition) is 3. The average Bonchev–Trinajstić information content (AvgIpc) is 3.07. The zero-order chi connectivity index (χ0) is 17.7. The molecule has 0 atom stereocenters. The van der Waals surface area contributed by atoms with Crippen molar-refractivity contribution in [2.75, 3.05) is 33.4 Å². The monoisotopic (exact) mass is 379 g/mol. The van der Waals surface area contributed by atoms with Gasteiger partial charge in [-0.25, -0.2) is 4.98 Å². The van der Waals surface area contributed by atoms with Crippen molar-refractivity contribution in [2.24, 2.45) is 5.41 Å². The third-order valence-electron chi connectivity index (χ3n) is 4.74. The minimum Gasteiger partial charge on any atom is -0.384 e. The number of aromatic amines is 1. The van der Waals surface area contributed by atoms with E-state index in [9.17, 15) is 4.79 Å². The van der Waals surface area contributed by atoms with E-state index in [-0.39, 0.29) is 23.7 Å². The molecule has 1 aromatic carbocycles. The number of hydrogen-bond acceptors (Lipinski definition) is 5. The van der Waals surface area contributed by atoms with Crippen LogP contribution in [0.4, 0.5) is 0 Å². The maximum atomic E-state index is 12.5. The molecule has 0 aliphatic carbocycles. The van der Waals surface area contributed by atoms with E-state index in [1.165, 1.54) is 0 Å². The summed E-state index contributed by atoms with van der Waals surface area (Å²) in [5.41, 5.74) is 1.54. The van der Waals surface area contributed by atoms with Crippen LogP contribution in [0.5, 0.6) is 0 Å². The quantitative estimate of drug-likeness (QED) is 0.713. The molecule has 1 amide bonds. The Balaban J connectivity index is 0.00000243. The molecule has 0 spiro atoms. The number of methoxy groups -OCH3 is 1. The first-order chi connectivity index (χ1) is 12.1. The average molecular weight is 380 g/mol. The Morgan fingerprint density at radius 1 is 1.27 bits per heavy atom. The van der Waals surface area contributed by atoms with E-state index in [2.05, 4.69) is 25.8 Å². The summed E-state index contributed by atoms with van der Waals surface area (Å²) in [6, 6.07) is 7.35. The molecule has 1 fully saturated rings. The lowest BCUT2D eigenvalue weighted by Gasteiger charge is -2.37. The number of aromatic nitrogens is 3. The Hall–Kier alpha value is -1.96. The highest BCUT2D eigenvalue weighted by molar-refractivity contribution is 5.94. The summed E-state index contributed by atoms with van der Waals surface area (Å²) in [6.07, 6.45) is 2.01. The number of rotatable bonds is 6. The molecule has 1 aliphatic rings. The van der Waals surface area contributed by atoms with Crippen LogP contribution in [0.3, 0.4) is 0 Å². The van der Waals surface area contributed by atoms with Gasteiger partial charge in [-0.1, -0.05) is 12.1 Å². The molecule has 7 nitrogen and oxygen atoms in total. The van der Waals surface area contributed by atoms with Crippen LogP contribution >= 0.6 is 12.4 Å². The zero-order valence-electron chi connectivity index (χ0n) is 15.2. The molecule has 2 aromatic rings. The number of H-pyrrole nitrogens is 1. The zero-order valence-corrected chi connectivity index (χ0v) is 16.0. The van der Waals surface area contributed by atoms with Gasteiger partial charge in [0, 0.05) is 30.2 Å². The van der Waals surface area contributed by atoms with Gasteiger partial charge in [-0.2, -0.15) is 5.10 Å². The summed E-state index contributed by atoms with van der Waals surface area (Å²) in [4.78, 5) is 16.8. The Morgan fingerprint density at radius 2 is 1.96 bits per heavy atom. The molecule has 3 N–H and O–H groups in total. The summed E-state index contributed by atoms with van der Waals surface area (Å²) in [5, 5.41) is 13.4. The van der Waals surface area contributed by atoms with Gasteiger partial charge in [0.25, 0.3) is 5.91 Å². The maximum absolute atomic E-state index is 12.5. The molecule has 1 saturated heterocycles. The van der Waals surface area contributed by atoms with Crippen molar-refractivity contribution >= 4 is 18.3 Å². The van der Waals surface area contributed by atoms with E-state index in [1.54, 1.807) is 7.11 Å². The number of nitrogens with one attached hydrogen (secondary N) is 3. The molecule has 142 valence electrons. The van der Waals surface area contributed by atoms with Crippen LogP contribution in [0.2, 0.25) is 0 Å². The maximum Gasteiger partial charge on any atom is 0.251 e. The number of nitrogens with zero attached hydrogens (tertiary/aromatic N) is 2. The number of carbonyl (C=O) groups excluding carboxylic acids is 1. The minimum absolute atomic E-state index is 0. The smallest absolute Gasteiger partial charge is 0.251 e. The third kappa shape index (κ3) is 4.81. The van der Waals surface area contributed by atoms with Crippen LogP contribution in [-0.4, -0.2) is 54.4 Å². The summed E-state index contributed by atoms with van der Waals surface area (Å²) >= 11 is 0. The van der Waals surface area contributed by atoms with E-state index in [1.807, 2.05) is 31.2 Å². The molecule has 1 aliphatic heterocycles. The van der Waals surface area contributed by atoms with E-state index < -0.39 is 0 Å². The molecule has 0 unspecified atom stereocenters. The molecular weight excluding hydrogens is 354 g/mol. The SMILES string of the molecule is COCC1(CNC(=O)c2ccc(-c3n[nH]c(C)n3)cc2)CCNCC1.Cl. The van der Waals surface area contributed by atoms with Crippen LogP contribution in [-0.2, 0) is 4.74 Å². The van der Waals surface area contributed by atoms with Crippen LogP contribution in [0.15, 0.2) is 24.3 Å². The fourth-order valence-electron chi connectivity index (χ4n) is 3.25. The second-order valence-electron chi connectivity index (χ2n) is 6.69. The van der Waals surface area contributed by atoms with Gasteiger partial charge in [0.05, 0.1) is 6.61 Å². The molecular formula is C18H26ClN5O2. The molecule has 0 bridgehead atoms. The van der Waals surface area contributed by atoms with Crippen molar-refractivity contribution < 1.29 is 9.53 Å². The van der Waals surface area contributed by atoms with Crippen molar-refractivity contribution in [3.8, 4) is 11.4 Å². The first-order valence-electron chi connectivity index (χ1n) is 8.59. The van der Waals surface area contributed by atoms with Crippen LogP contribution in [0.25, 0.3) is 11.4 Å². The van der Waals surface area contributed by atoms with E-state index >= 15 is 0 Å². The molecule has 8 heteroatoms. The van der Waals surface area contributed by atoms with E-state index in [0.717, 1.165) is 37.3 Å². The Kier molecular flexibility index (Phi) is 7.14. The van der Waals surface area contributed by atoms with E-state index in [0.29, 0.717) is 24.5 Å².